The summed E-state index contributed by atoms with van der Waals surface area (Å²) in [4.78, 5) is 27.1. The Labute approximate surface area is 143 Å². The van der Waals surface area contributed by atoms with Crippen molar-refractivity contribution in [3.8, 4) is 0 Å². The van der Waals surface area contributed by atoms with Gasteiger partial charge in [0.15, 0.2) is 0 Å². The maximum atomic E-state index is 12.2. The maximum absolute atomic E-state index is 12.2. The minimum Gasteiger partial charge on any atom is -0.456 e. The highest BCUT2D eigenvalue weighted by atomic mass is 16.6. The van der Waals surface area contributed by atoms with Crippen LogP contribution in [0.3, 0.4) is 0 Å². The average Bonchev–Trinajstić information content (AvgIpc) is 2.45. The van der Waals surface area contributed by atoms with Crippen LogP contribution in [0, 0.1) is 10.1 Å². The van der Waals surface area contributed by atoms with Crippen LogP contribution in [0.1, 0.15) is 38.1 Å². The van der Waals surface area contributed by atoms with Crippen molar-refractivity contribution in [3.63, 3.8) is 0 Å². The Kier molecular flexibility index (Phi) is 6.71. The summed E-state index contributed by atoms with van der Waals surface area (Å²) in [7, 11) is 3.95. The van der Waals surface area contributed by atoms with Gasteiger partial charge in [-0.3, -0.25) is 10.1 Å². The number of nitrogens with zero attached hydrogens (tertiary/aromatic N) is 3. The van der Waals surface area contributed by atoms with E-state index in [1.54, 1.807) is 26.8 Å². The van der Waals surface area contributed by atoms with E-state index in [-0.39, 0.29) is 11.3 Å². The maximum Gasteiger partial charge on any atom is 0.345 e. The fourth-order valence-corrected chi connectivity index (χ4v) is 2.16. The van der Waals surface area contributed by atoms with Crippen LogP contribution in [0.5, 0.6) is 0 Å². The number of likely N-dealkylation sites (N-methyl/N-ethyl adjacent to an activating group) is 2. The SMILES string of the molecule is CCN(CCN(C)C)c1ccc(C(=O)OC(C)(C)C)c([N+](=O)[O-])c1. The summed E-state index contributed by atoms with van der Waals surface area (Å²) in [6.07, 6.45) is 0. The Hall–Kier alpha value is -2.15. The predicted octanol–water partition coefficient (Wildman–Crippen LogP) is 2.94. The lowest BCUT2D eigenvalue weighted by molar-refractivity contribution is -0.385. The second kappa shape index (κ2) is 8.10. The molecule has 0 N–H and O–H groups in total. The van der Waals surface area contributed by atoms with Crippen molar-refractivity contribution in [1.82, 2.24) is 4.90 Å². The Bertz CT molecular complexity index is 594. The normalized spacial score (nSPS) is 11.5. The fourth-order valence-electron chi connectivity index (χ4n) is 2.16. The second-order valence-corrected chi connectivity index (χ2v) is 6.84. The first kappa shape index (κ1) is 19.9. The minimum atomic E-state index is -0.704. The number of benzene rings is 1. The topological polar surface area (TPSA) is 75.9 Å². The molecule has 24 heavy (non-hydrogen) atoms. The first-order valence-electron chi connectivity index (χ1n) is 7.96. The first-order valence-corrected chi connectivity index (χ1v) is 7.96. The molecule has 0 aromatic heterocycles. The lowest BCUT2D eigenvalue weighted by Gasteiger charge is -2.25. The lowest BCUT2D eigenvalue weighted by Crippen LogP contribution is -2.31. The summed E-state index contributed by atoms with van der Waals surface area (Å²) < 4.78 is 5.26. The smallest absolute Gasteiger partial charge is 0.345 e. The minimum absolute atomic E-state index is 0.0256. The molecular weight excluding hydrogens is 310 g/mol. The van der Waals surface area contributed by atoms with Crippen molar-refractivity contribution < 1.29 is 14.5 Å². The average molecular weight is 337 g/mol. The zero-order chi connectivity index (χ0) is 18.5. The van der Waals surface area contributed by atoms with Crippen LogP contribution in [-0.4, -0.2) is 55.1 Å². The van der Waals surface area contributed by atoms with Gasteiger partial charge in [-0.2, -0.15) is 0 Å². The van der Waals surface area contributed by atoms with Crippen molar-refractivity contribution in [1.29, 1.82) is 0 Å². The molecular formula is C17H27N3O4. The number of carbonyl (C=O) groups is 1. The highest BCUT2D eigenvalue weighted by molar-refractivity contribution is 5.95. The standard InChI is InChI=1S/C17H27N3O4/c1-7-19(11-10-18(5)6)13-8-9-14(15(12-13)20(22)23)16(21)24-17(2,3)4/h8-9,12H,7,10-11H2,1-6H3. The third-order valence-corrected chi connectivity index (χ3v) is 3.36. The van der Waals surface area contributed by atoms with Crippen LogP contribution < -0.4 is 4.90 Å². The molecule has 1 aromatic rings. The van der Waals surface area contributed by atoms with E-state index in [0.29, 0.717) is 0 Å². The largest absolute Gasteiger partial charge is 0.456 e. The van der Waals surface area contributed by atoms with Gasteiger partial charge in [0.05, 0.1) is 4.92 Å². The lowest BCUT2D eigenvalue weighted by atomic mass is 10.1. The molecule has 0 aliphatic heterocycles. The molecule has 0 amide bonds. The van der Waals surface area contributed by atoms with Gasteiger partial charge in [-0.25, -0.2) is 4.79 Å². The number of anilines is 1. The van der Waals surface area contributed by atoms with Crippen LogP contribution in [0.4, 0.5) is 11.4 Å². The van der Waals surface area contributed by atoms with Gasteiger partial charge in [0.1, 0.15) is 11.2 Å². The Balaban J connectivity index is 3.14. The Morgan fingerprint density at radius 2 is 1.88 bits per heavy atom. The summed E-state index contributed by atoms with van der Waals surface area (Å²) in [6, 6.07) is 4.64. The molecule has 0 atom stereocenters. The summed E-state index contributed by atoms with van der Waals surface area (Å²) in [5.41, 5.74) is -0.240. The number of esters is 1. The van der Waals surface area contributed by atoms with Gasteiger partial charge in [-0.1, -0.05) is 0 Å². The van der Waals surface area contributed by atoms with Crippen molar-refractivity contribution in [2.24, 2.45) is 0 Å². The first-order chi connectivity index (χ1) is 11.0. The third kappa shape index (κ3) is 5.81. The fraction of sp³-hybridized carbons (Fsp3) is 0.588. The quantitative estimate of drug-likeness (QED) is 0.432. The van der Waals surface area contributed by atoms with Crippen molar-refractivity contribution >= 4 is 17.3 Å². The Morgan fingerprint density at radius 1 is 1.25 bits per heavy atom. The number of rotatable bonds is 7. The summed E-state index contributed by atoms with van der Waals surface area (Å²) in [5, 5.41) is 11.4. The zero-order valence-corrected chi connectivity index (χ0v) is 15.3. The molecule has 0 saturated carbocycles. The summed E-state index contributed by atoms with van der Waals surface area (Å²) in [6.45, 7) is 9.46. The molecule has 7 nitrogen and oxygen atoms in total. The van der Waals surface area contributed by atoms with Crippen LogP contribution >= 0.6 is 0 Å². The van der Waals surface area contributed by atoms with Gasteiger partial charge >= 0.3 is 5.97 Å². The number of carbonyl (C=O) groups excluding carboxylic acids is 1. The van der Waals surface area contributed by atoms with Crippen LogP contribution in [-0.2, 0) is 4.74 Å². The summed E-state index contributed by atoms with van der Waals surface area (Å²) in [5.74, 6) is -0.683. The molecule has 0 heterocycles. The molecule has 1 rings (SSSR count). The van der Waals surface area contributed by atoms with E-state index < -0.39 is 16.5 Å². The molecule has 0 aliphatic rings. The highest BCUT2D eigenvalue weighted by Gasteiger charge is 2.26. The predicted molar refractivity (Wildman–Crippen MR) is 94.7 cm³/mol. The van der Waals surface area contributed by atoms with Crippen molar-refractivity contribution in [2.45, 2.75) is 33.3 Å². The van der Waals surface area contributed by atoms with Crippen LogP contribution in [0.15, 0.2) is 18.2 Å². The number of hydrogen-bond acceptors (Lipinski definition) is 6. The molecule has 0 bridgehead atoms. The van der Waals surface area contributed by atoms with E-state index in [0.717, 1.165) is 25.3 Å². The van der Waals surface area contributed by atoms with Crippen molar-refractivity contribution in [2.75, 3.05) is 38.6 Å². The van der Waals surface area contributed by atoms with E-state index in [1.165, 1.54) is 12.1 Å². The van der Waals surface area contributed by atoms with Crippen LogP contribution in [0.2, 0.25) is 0 Å². The van der Waals surface area contributed by atoms with Gasteiger partial charge in [0.25, 0.3) is 5.69 Å². The number of nitro groups is 1. The van der Waals surface area contributed by atoms with Gasteiger partial charge in [0.2, 0.25) is 0 Å². The molecule has 0 aliphatic carbocycles. The van der Waals surface area contributed by atoms with Gasteiger partial charge < -0.3 is 14.5 Å². The molecule has 0 spiro atoms. The van der Waals surface area contributed by atoms with Gasteiger partial charge in [0, 0.05) is 31.4 Å². The molecule has 0 radical (unpaired) electrons. The van der Waals surface area contributed by atoms with E-state index >= 15 is 0 Å². The molecule has 1 aromatic carbocycles. The van der Waals surface area contributed by atoms with Crippen molar-refractivity contribution in [3.05, 3.63) is 33.9 Å². The molecule has 0 unspecified atom stereocenters. The van der Waals surface area contributed by atoms with Gasteiger partial charge in [-0.15, -0.1) is 0 Å². The van der Waals surface area contributed by atoms with E-state index in [2.05, 4.69) is 0 Å². The van der Waals surface area contributed by atoms with Crippen LogP contribution in [0.25, 0.3) is 0 Å². The van der Waals surface area contributed by atoms with Gasteiger partial charge in [-0.05, 0) is 53.9 Å². The van der Waals surface area contributed by atoms with E-state index in [1.807, 2.05) is 30.8 Å². The molecule has 0 saturated heterocycles. The number of hydrogen-bond donors (Lipinski definition) is 0. The Morgan fingerprint density at radius 3 is 2.33 bits per heavy atom. The molecule has 134 valence electrons. The van der Waals surface area contributed by atoms with E-state index in [4.69, 9.17) is 4.74 Å². The van der Waals surface area contributed by atoms with E-state index in [9.17, 15) is 14.9 Å². The highest BCUT2D eigenvalue weighted by Crippen LogP contribution is 2.27. The molecule has 0 fully saturated rings. The number of ether oxygens (including phenoxy) is 1. The second-order valence-electron chi connectivity index (χ2n) is 6.84. The summed E-state index contributed by atoms with van der Waals surface area (Å²) >= 11 is 0. The zero-order valence-electron chi connectivity index (χ0n) is 15.3. The molecule has 7 heteroatoms. The third-order valence-electron chi connectivity index (χ3n) is 3.36. The number of nitro benzene ring substituents is 1. The monoisotopic (exact) mass is 337 g/mol.